The van der Waals surface area contributed by atoms with Gasteiger partial charge in [-0.25, -0.2) is 16.8 Å². The number of nitrogens with zero attached hydrogens (tertiary/aromatic N) is 1. The molecule has 0 unspecified atom stereocenters. The largest absolute Gasteiger partial charge is 0.229 e. The molecule has 0 aromatic heterocycles. The molecule has 8 heteroatoms. The molecule has 0 radical (unpaired) electrons. The molecule has 19 heavy (non-hydrogen) atoms. The lowest BCUT2D eigenvalue weighted by molar-refractivity contribution is 0.263. The van der Waals surface area contributed by atoms with Crippen LogP contribution in [0.2, 0.25) is 0 Å². The van der Waals surface area contributed by atoms with Gasteiger partial charge in [0.2, 0.25) is 10.0 Å². The predicted octanol–water partition coefficient (Wildman–Crippen LogP) is 1.39. The monoisotopic (exact) mass is 375 g/mol. The van der Waals surface area contributed by atoms with Gasteiger partial charge in [0.05, 0.1) is 11.5 Å². The molecule has 0 N–H and O–H groups in total. The van der Waals surface area contributed by atoms with E-state index in [1.54, 1.807) is 0 Å². The third-order valence-electron chi connectivity index (χ3n) is 3.36. The Morgan fingerprint density at radius 2 is 1.63 bits per heavy atom. The number of alkyl halides is 1. The van der Waals surface area contributed by atoms with Crippen LogP contribution in [-0.2, 0) is 19.9 Å². The highest BCUT2D eigenvalue weighted by atomic mass is 79.9. The molecule has 1 rings (SSSR count). The summed E-state index contributed by atoms with van der Waals surface area (Å²) >= 11 is 3.28. The van der Waals surface area contributed by atoms with Gasteiger partial charge in [-0.15, -0.1) is 0 Å². The van der Waals surface area contributed by atoms with Crippen LogP contribution in [0.3, 0.4) is 0 Å². The molecule has 114 valence electrons. The molecular weight excluding hydrogens is 354 g/mol. The van der Waals surface area contributed by atoms with Gasteiger partial charge in [-0.3, -0.25) is 0 Å². The number of rotatable bonds is 7. The van der Waals surface area contributed by atoms with E-state index in [9.17, 15) is 16.8 Å². The summed E-state index contributed by atoms with van der Waals surface area (Å²) in [5, 5.41) is 0.571. The third kappa shape index (κ3) is 6.10. The van der Waals surface area contributed by atoms with E-state index in [4.69, 9.17) is 0 Å². The maximum Gasteiger partial charge on any atom is 0.215 e. The highest BCUT2D eigenvalue weighted by Gasteiger charge is 2.30. The topological polar surface area (TPSA) is 71.5 Å². The third-order valence-corrected chi connectivity index (χ3v) is 6.83. The zero-order chi connectivity index (χ0) is 14.5. The number of halogens is 1. The van der Waals surface area contributed by atoms with Crippen LogP contribution in [0.25, 0.3) is 0 Å². The summed E-state index contributed by atoms with van der Waals surface area (Å²) < 4.78 is 48.4. The maximum atomic E-state index is 12.3. The molecule has 0 amide bonds. The molecule has 0 aromatic rings. The Labute approximate surface area is 124 Å². The average molecular weight is 376 g/mol. The predicted molar refractivity (Wildman–Crippen MR) is 80.9 cm³/mol. The molecule has 0 heterocycles. The second-order valence-corrected chi connectivity index (χ2v) is 10.1. The van der Waals surface area contributed by atoms with Crippen LogP contribution in [0.4, 0.5) is 0 Å². The highest BCUT2D eigenvalue weighted by molar-refractivity contribution is 9.09. The van der Waals surface area contributed by atoms with E-state index in [-0.39, 0.29) is 17.5 Å². The SMILES string of the molecule is CS(=O)(=O)CCS(=O)(=O)N(CCBr)C1CCCCC1. The Kier molecular flexibility index (Phi) is 6.75. The zero-order valence-corrected chi connectivity index (χ0v) is 14.4. The molecule has 0 bridgehead atoms. The van der Waals surface area contributed by atoms with Gasteiger partial charge in [0.25, 0.3) is 0 Å². The summed E-state index contributed by atoms with van der Waals surface area (Å²) in [6.45, 7) is 0.413. The molecule has 0 spiro atoms. The first-order valence-corrected chi connectivity index (χ1v) is 11.3. The van der Waals surface area contributed by atoms with Crippen LogP contribution in [0, 0.1) is 0 Å². The minimum absolute atomic E-state index is 0.0378. The lowest BCUT2D eigenvalue weighted by Crippen LogP contribution is -2.44. The molecule has 1 aliphatic carbocycles. The van der Waals surface area contributed by atoms with Crippen molar-refractivity contribution < 1.29 is 16.8 Å². The highest BCUT2D eigenvalue weighted by Crippen LogP contribution is 2.25. The van der Waals surface area contributed by atoms with Gasteiger partial charge in [0, 0.05) is 24.2 Å². The van der Waals surface area contributed by atoms with Crippen LogP contribution in [0.15, 0.2) is 0 Å². The van der Waals surface area contributed by atoms with E-state index in [1.807, 2.05) is 0 Å². The standard InChI is InChI=1S/C11H22BrNO4S2/c1-18(14,15)9-10-19(16,17)13(8-7-12)11-5-3-2-4-6-11/h11H,2-10H2,1H3. The van der Waals surface area contributed by atoms with Gasteiger partial charge in [-0.2, -0.15) is 4.31 Å². The second-order valence-electron chi connectivity index (χ2n) is 5.04. The van der Waals surface area contributed by atoms with Crippen molar-refractivity contribution in [2.45, 2.75) is 38.1 Å². The minimum atomic E-state index is -3.49. The van der Waals surface area contributed by atoms with E-state index in [1.165, 1.54) is 4.31 Å². The Hall–Kier alpha value is 0.340. The summed E-state index contributed by atoms with van der Waals surface area (Å²) in [7, 11) is -6.75. The number of sulfonamides is 1. The molecule has 1 fully saturated rings. The van der Waals surface area contributed by atoms with Gasteiger partial charge < -0.3 is 0 Å². The number of hydrogen-bond acceptors (Lipinski definition) is 4. The Bertz CT molecular complexity index is 469. The van der Waals surface area contributed by atoms with Crippen LogP contribution < -0.4 is 0 Å². The van der Waals surface area contributed by atoms with Crippen molar-refractivity contribution in [3.05, 3.63) is 0 Å². The van der Waals surface area contributed by atoms with E-state index in [0.717, 1.165) is 38.4 Å². The minimum Gasteiger partial charge on any atom is -0.229 e. The second kappa shape index (κ2) is 7.38. The van der Waals surface area contributed by atoms with E-state index in [2.05, 4.69) is 15.9 Å². The number of hydrogen-bond donors (Lipinski definition) is 0. The Balaban J connectivity index is 2.78. The van der Waals surface area contributed by atoms with Gasteiger partial charge in [0.15, 0.2) is 0 Å². The molecule has 0 atom stereocenters. The summed E-state index contributed by atoms with van der Waals surface area (Å²) in [4.78, 5) is 0. The first-order valence-electron chi connectivity index (χ1n) is 6.49. The molecule has 0 saturated heterocycles. The summed E-state index contributed by atoms with van der Waals surface area (Å²) in [5.41, 5.74) is 0. The maximum absolute atomic E-state index is 12.3. The van der Waals surface area contributed by atoms with Gasteiger partial charge in [-0.1, -0.05) is 35.2 Å². The smallest absolute Gasteiger partial charge is 0.215 e. The van der Waals surface area contributed by atoms with Gasteiger partial charge in [0.1, 0.15) is 9.84 Å². The fourth-order valence-corrected chi connectivity index (χ4v) is 6.31. The van der Waals surface area contributed by atoms with Crippen molar-refractivity contribution in [3.63, 3.8) is 0 Å². The van der Waals surface area contributed by atoms with Crippen LogP contribution in [-0.4, -0.2) is 56.8 Å². The van der Waals surface area contributed by atoms with Gasteiger partial charge >= 0.3 is 0 Å². The van der Waals surface area contributed by atoms with Crippen molar-refractivity contribution in [1.29, 1.82) is 0 Å². The van der Waals surface area contributed by atoms with Gasteiger partial charge in [-0.05, 0) is 12.8 Å². The lowest BCUT2D eigenvalue weighted by Gasteiger charge is -2.33. The number of sulfone groups is 1. The summed E-state index contributed by atoms with van der Waals surface area (Å²) in [6, 6.07) is 0.0378. The fraction of sp³-hybridized carbons (Fsp3) is 1.00. The normalized spacial score (nSPS) is 18.9. The summed E-state index contributed by atoms with van der Waals surface area (Å²) in [6.07, 6.45) is 6.08. The van der Waals surface area contributed by atoms with Crippen LogP contribution in [0.1, 0.15) is 32.1 Å². The fourth-order valence-electron chi connectivity index (χ4n) is 2.38. The van der Waals surface area contributed by atoms with Crippen molar-refractivity contribution in [2.75, 3.05) is 29.6 Å². The average Bonchev–Trinajstić information content (AvgIpc) is 2.34. The molecule has 0 aliphatic heterocycles. The first-order chi connectivity index (χ1) is 8.76. The van der Waals surface area contributed by atoms with Crippen molar-refractivity contribution in [2.24, 2.45) is 0 Å². The lowest BCUT2D eigenvalue weighted by atomic mass is 9.95. The van der Waals surface area contributed by atoms with E-state index >= 15 is 0 Å². The Morgan fingerprint density at radius 1 is 1.05 bits per heavy atom. The van der Waals surface area contributed by atoms with Crippen molar-refractivity contribution in [1.82, 2.24) is 4.31 Å². The zero-order valence-electron chi connectivity index (χ0n) is 11.2. The van der Waals surface area contributed by atoms with Crippen LogP contribution >= 0.6 is 15.9 Å². The molecule has 1 saturated carbocycles. The van der Waals surface area contributed by atoms with Crippen LogP contribution in [0.5, 0.6) is 0 Å². The molecule has 1 aliphatic rings. The van der Waals surface area contributed by atoms with Crippen molar-refractivity contribution in [3.8, 4) is 0 Å². The first kappa shape index (κ1) is 17.4. The molecule has 0 aromatic carbocycles. The van der Waals surface area contributed by atoms with Crippen molar-refractivity contribution >= 4 is 35.8 Å². The summed E-state index contributed by atoms with van der Waals surface area (Å²) in [5.74, 6) is -0.615. The molecular formula is C11H22BrNO4S2. The quantitative estimate of drug-likeness (QED) is 0.630. The van der Waals surface area contributed by atoms with E-state index < -0.39 is 19.9 Å². The van der Waals surface area contributed by atoms with E-state index in [0.29, 0.717) is 11.9 Å². The Morgan fingerprint density at radius 3 is 2.11 bits per heavy atom. The molecule has 5 nitrogen and oxygen atoms in total.